The molecule has 1 unspecified atom stereocenters. The third-order valence-corrected chi connectivity index (χ3v) is 3.82. The summed E-state index contributed by atoms with van der Waals surface area (Å²) in [6.07, 6.45) is 17.2. The molecule has 1 atom stereocenters. The Morgan fingerprint density at radius 1 is 0.952 bits per heavy atom. The second-order valence-corrected chi connectivity index (χ2v) is 5.92. The van der Waals surface area contributed by atoms with Gasteiger partial charge in [0.05, 0.1) is 0 Å². The Labute approximate surface area is 130 Å². The summed E-state index contributed by atoms with van der Waals surface area (Å²) in [4.78, 5) is 10.6. The van der Waals surface area contributed by atoms with Gasteiger partial charge in [0.1, 0.15) is 0 Å². The molecule has 0 aromatic heterocycles. The SMILES string of the molecule is CCCCCCCCC(C=NNC(N)=O)CCCCCC. The molecule has 0 saturated carbocycles. The Bertz CT molecular complexity index is 267. The van der Waals surface area contributed by atoms with Gasteiger partial charge in [-0.3, -0.25) is 0 Å². The minimum absolute atomic E-state index is 0.472. The topological polar surface area (TPSA) is 67.5 Å². The second-order valence-electron chi connectivity index (χ2n) is 5.92. The third-order valence-electron chi connectivity index (χ3n) is 3.82. The first-order chi connectivity index (χ1) is 10.2. The molecule has 4 heteroatoms. The molecule has 0 bridgehead atoms. The minimum atomic E-state index is -0.587. The van der Waals surface area contributed by atoms with E-state index in [-0.39, 0.29) is 0 Å². The number of carbonyl (C=O) groups excluding carboxylic acids is 1. The molecule has 0 aliphatic carbocycles. The van der Waals surface area contributed by atoms with Crippen molar-refractivity contribution in [3.8, 4) is 0 Å². The number of amides is 2. The van der Waals surface area contributed by atoms with Gasteiger partial charge in [-0.1, -0.05) is 78.1 Å². The molecule has 0 heterocycles. The van der Waals surface area contributed by atoms with Crippen LogP contribution in [0.5, 0.6) is 0 Å². The highest BCUT2D eigenvalue weighted by molar-refractivity contribution is 5.73. The van der Waals surface area contributed by atoms with Gasteiger partial charge in [-0.2, -0.15) is 5.10 Å². The first kappa shape index (κ1) is 19.9. The van der Waals surface area contributed by atoms with Crippen LogP contribution in [0.4, 0.5) is 4.79 Å². The molecule has 0 fully saturated rings. The van der Waals surface area contributed by atoms with E-state index >= 15 is 0 Å². The van der Waals surface area contributed by atoms with Crippen LogP contribution < -0.4 is 11.2 Å². The maximum Gasteiger partial charge on any atom is 0.332 e. The van der Waals surface area contributed by atoms with Crippen LogP contribution in [-0.2, 0) is 0 Å². The first-order valence-corrected chi connectivity index (χ1v) is 8.79. The van der Waals surface area contributed by atoms with Crippen LogP contribution in [0.3, 0.4) is 0 Å². The molecule has 0 saturated heterocycles. The zero-order valence-corrected chi connectivity index (χ0v) is 14.1. The van der Waals surface area contributed by atoms with E-state index < -0.39 is 6.03 Å². The fourth-order valence-corrected chi connectivity index (χ4v) is 2.52. The number of nitrogens with zero attached hydrogens (tertiary/aromatic N) is 1. The predicted octanol–water partition coefficient (Wildman–Crippen LogP) is 4.98. The molecule has 2 amide bonds. The summed E-state index contributed by atoms with van der Waals surface area (Å²) < 4.78 is 0. The highest BCUT2D eigenvalue weighted by atomic mass is 16.2. The van der Waals surface area contributed by atoms with Crippen molar-refractivity contribution in [2.24, 2.45) is 16.8 Å². The number of unbranched alkanes of at least 4 members (excludes halogenated alkanes) is 8. The van der Waals surface area contributed by atoms with Crippen molar-refractivity contribution in [1.82, 2.24) is 5.43 Å². The number of hydrogen-bond donors (Lipinski definition) is 2. The minimum Gasteiger partial charge on any atom is -0.350 e. The van der Waals surface area contributed by atoms with Gasteiger partial charge < -0.3 is 5.73 Å². The van der Waals surface area contributed by atoms with Gasteiger partial charge in [-0.05, 0) is 18.8 Å². The molecule has 0 spiro atoms. The lowest BCUT2D eigenvalue weighted by Crippen LogP contribution is -2.25. The lowest BCUT2D eigenvalue weighted by Gasteiger charge is -2.12. The van der Waals surface area contributed by atoms with E-state index in [0.29, 0.717) is 5.92 Å². The maximum atomic E-state index is 10.6. The van der Waals surface area contributed by atoms with Crippen LogP contribution in [0.15, 0.2) is 5.10 Å². The van der Waals surface area contributed by atoms with Gasteiger partial charge in [0.25, 0.3) is 0 Å². The molecule has 0 rings (SSSR count). The Morgan fingerprint density at radius 2 is 1.43 bits per heavy atom. The van der Waals surface area contributed by atoms with Gasteiger partial charge in [0.2, 0.25) is 0 Å². The largest absolute Gasteiger partial charge is 0.350 e. The normalized spacial score (nSPS) is 12.7. The van der Waals surface area contributed by atoms with Crippen LogP contribution in [0.25, 0.3) is 0 Å². The van der Waals surface area contributed by atoms with Crippen LogP contribution >= 0.6 is 0 Å². The Morgan fingerprint density at radius 3 is 1.95 bits per heavy atom. The number of hydrazone groups is 1. The van der Waals surface area contributed by atoms with Crippen molar-refractivity contribution in [2.45, 2.75) is 90.9 Å². The molecule has 3 N–H and O–H groups in total. The number of hydrogen-bond acceptors (Lipinski definition) is 2. The van der Waals surface area contributed by atoms with Crippen molar-refractivity contribution in [3.63, 3.8) is 0 Å². The van der Waals surface area contributed by atoms with E-state index in [2.05, 4.69) is 24.4 Å². The van der Waals surface area contributed by atoms with Crippen LogP contribution in [0.2, 0.25) is 0 Å². The summed E-state index contributed by atoms with van der Waals surface area (Å²) >= 11 is 0. The Balaban J connectivity index is 3.88. The summed E-state index contributed by atoms with van der Waals surface area (Å²) in [7, 11) is 0. The van der Waals surface area contributed by atoms with Gasteiger partial charge in [-0.15, -0.1) is 0 Å². The molecule has 124 valence electrons. The summed E-state index contributed by atoms with van der Waals surface area (Å²) in [5, 5.41) is 3.95. The maximum absolute atomic E-state index is 10.6. The molecular formula is C17H35N3O. The molecule has 0 aliphatic rings. The molecule has 0 aromatic rings. The lowest BCUT2D eigenvalue weighted by molar-refractivity contribution is 0.249. The van der Waals surface area contributed by atoms with E-state index in [1.165, 1.54) is 77.0 Å². The van der Waals surface area contributed by atoms with Crippen molar-refractivity contribution >= 4 is 12.2 Å². The first-order valence-electron chi connectivity index (χ1n) is 8.79. The van der Waals surface area contributed by atoms with Gasteiger partial charge in [-0.25, -0.2) is 10.2 Å². The Hall–Kier alpha value is -1.06. The van der Waals surface area contributed by atoms with Gasteiger partial charge in [0, 0.05) is 6.21 Å². The van der Waals surface area contributed by atoms with Crippen LogP contribution in [-0.4, -0.2) is 12.2 Å². The van der Waals surface area contributed by atoms with E-state index in [9.17, 15) is 4.79 Å². The Kier molecular flexibility index (Phi) is 14.6. The van der Waals surface area contributed by atoms with E-state index in [0.717, 1.165) is 0 Å². The van der Waals surface area contributed by atoms with Crippen molar-refractivity contribution < 1.29 is 4.79 Å². The molecule has 0 aromatic carbocycles. The summed E-state index contributed by atoms with van der Waals surface area (Å²) in [5.41, 5.74) is 7.33. The summed E-state index contributed by atoms with van der Waals surface area (Å²) in [5.74, 6) is 0.472. The summed E-state index contributed by atoms with van der Waals surface area (Å²) in [6.45, 7) is 4.47. The molecule has 21 heavy (non-hydrogen) atoms. The number of urea groups is 1. The van der Waals surface area contributed by atoms with Gasteiger partial charge >= 0.3 is 6.03 Å². The number of nitrogens with one attached hydrogen (secondary N) is 1. The highest BCUT2D eigenvalue weighted by Gasteiger charge is 2.06. The number of primary amides is 1. The number of nitrogens with two attached hydrogens (primary N) is 1. The smallest absolute Gasteiger partial charge is 0.332 e. The monoisotopic (exact) mass is 297 g/mol. The van der Waals surface area contributed by atoms with E-state index in [1.807, 2.05) is 6.21 Å². The van der Waals surface area contributed by atoms with E-state index in [4.69, 9.17) is 5.73 Å². The number of carbonyl (C=O) groups is 1. The third kappa shape index (κ3) is 15.2. The molecule has 0 radical (unpaired) electrons. The van der Waals surface area contributed by atoms with E-state index in [1.54, 1.807) is 0 Å². The fourth-order valence-electron chi connectivity index (χ4n) is 2.52. The lowest BCUT2D eigenvalue weighted by atomic mass is 9.95. The van der Waals surface area contributed by atoms with Crippen molar-refractivity contribution in [2.75, 3.05) is 0 Å². The fraction of sp³-hybridized carbons (Fsp3) is 0.882. The van der Waals surface area contributed by atoms with Crippen molar-refractivity contribution in [3.05, 3.63) is 0 Å². The zero-order valence-electron chi connectivity index (χ0n) is 14.1. The molecule has 0 aliphatic heterocycles. The average Bonchev–Trinajstić information content (AvgIpc) is 2.46. The van der Waals surface area contributed by atoms with Crippen molar-refractivity contribution in [1.29, 1.82) is 0 Å². The quantitative estimate of drug-likeness (QED) is 0.265. The zero-order chi connectivity index (χ0) is 15.8. The second kappa shape index (κ2) is 15.3. The molecule has 4 nitrogen and oxygen atoms in total. The van der Waals surface area contributed by atoms with Gasteiger partial charge in [0.15, 0.2) is 0 Å². The number of rotatable bonds is 14. The standard InChI is InChI=1S/C17H35N3O/c1-3-5-7-9-10-12-14-16(13-11-8-6-4-2)15-19-20-17(18)21/h15-16H,3-14H2,1-2H3,(H3,18,20,21). The highest BCUT2D eigenvalue weighted by Crippen LogP contribution is 2.17. The molecular weight excluding hydrogens is 262 g/mol. The average molecular weight is 297 g/mol. The summed E-state index contributed by atoms with van der Waals surface area (Å²) in [6, 6.07) is -0.587. The van der Waals surface area contributed by atoms with Crippen LogP contribution in [0.1, 0.15) is 90.9 Å². The van der Waals surface area contributed by atoms with Crippen LogP contribution in [0, 0.1) is 5.92 Å². The predicted molar refractivity (Wildman–Crippen MR) is 91.5 cm³/mol.